The minimum atomic E-state index is -0.106. The van der Waals surface area contributed by atoms with Crippen LogP contribution in [-0.4, -0.2) is 6.04 Å². The largest absolute Gasteiger partial charge is 0.454 e. The number of ether oxygens (including phenoxy) is 2. The van der Waals surface area contributed by atoms with Gasteiger partial charge in [-0.25, -0.2) is 0 Å². The fraction of sp³-hybridized carbons (Fsp3) is 0.128. The van der Waals surface area contributed by atoms with E-state index in [0.717, 1.165) is 56.3 Å². The van der Waals surface area contributed by atoms with E-state index in [9.17, 15) is 0 Å². The Morgan fingerprint density at radius 1 is 0.767 bits per heavy atom. The van der Waals surface area contributed by atoms with Crippen LogP contribution in [0.25, 0.3) is 33.1 Å². The van der Waals surface area contributed by atoms with E-state index in [4.69, 9.17) is 13.9 Å². The lowest BCUT2D eigenvalue weighted by Crippen LogP contribution is -2.33. The summed E-state index contributed by atoms with van der Waals surface area (Å²) in [4.78, 5) is 2.39. The summed E-state index contributed by atoms with van der Waals surface area (Å²) < 4.78 is 18.9. The van der Waals surface area contributed by atoms with Crippen LogP contribution in [0, 0.1) is 12.1 Å². The number of fused-ring (bicyclic) bond motifs is 7. The number of hydrogen-bond acceptors (Lipinski definition) is 4. The van der Waals surface area contributed by atoms with Crippen LogP contribution in [0.4, 0.5) is 11.4 Å². The lowest BCUT2D eigenvalue weighted by Gasteiger charge is -2.36. The molecule has 206 valence electrons. The van der Waals surface area contributed by atoms with Crippen LogP contribution >= 0.6 is 0 Å². The maximum Gasteiger partial charge on any atom is 0.185 e. The molecule has 9 rings (SSSR count). The Morgan fingerprint density at radius 2 is 1.53 bits per heavy atom. The van der Waals surface area contributed by atoms with Gasteiger partial charge in [0.2, 0.25) is 0 Å². The van der Waals surface area contributed by atoms with E-state index in [0.29, 0.717) is 6.42 Å². The molecule has 0 saturated heterocycles. The molecule has 0 spiro atoms. The third kappa shape index (κ3) is 3.58. The van der Waals surface area contributed by atoms with Crippen molar-refractivity contribution < 1.29 is 13.9 Å². The minimum Gasteiger partial charge on any atom is -0.454 e. The second-order valence-electron chi connectivity index (χ2n) is 12.0. The van der Waals surface area contributed by atoms with Crippen LogP contribution < -0.4 is 14.4 Å². The molecule has 0 fully saturated rings. The first kappa shape index (κ1) is 24.2. The average Bonchev–Trinajstić information content (AvgIpc) is 3.52. The number of benzene rings is 4. The van der Waals surface area contributed by atoms with Gasteiger partial charge >= 0.3 is 0 Å². The molecule has 2 aliphatic carbocycles. The predicted octanol–water partition coefficient (Wildman–Crippen LogP) is 9.64. The summed E-state index contributed by atoms with van der Waals surface area (Å²) >= 11 is 0. The minimum absolute atomic E-state index is 0.0146. The average molecular weight is 558 g/mol. The highest BCUT2D eigenvalue weighted by Crippen LogP contribution is 2.50. The van der Waals surface area contributed by atoms with Crippen molar-refractivity contribution in [3.63, 3.8) is 0 Å². The Kier molecular flexibility index (Phi) is 4.96. The molecular weight excluding hydrogens is 530 g/mol. The summed E-state index contributed by atoms with van der Waals surface area (Å²) in [7, 11) is 0. The SMILES string of the molecule is CC1(C)c2ccccc2-c2ccc(N(c3ccc4c(c3)oc3c#cccc34)C3C=CC4=C(C3)Oc3ccccc3O4)cc21. The number of allylic oxidation sites excluding steroid dienone is 1. The third-order valence-corrected chi connectivity index (χ3v) is 9.13. The Hall–Kier alpha value is -5.40. The van der Waals surface area contributed by atoms with E-state index in [1.165, 1.54) is 22.3 Å². The number of anilines is 2. The zero-order valence-electron chi connectivity index (χ0n) is 23.8. The number of furan rings is 1. The first-order valence-electron chi connectivity index (χ1n) is 14.7. The van der Waals surface area contributed by atoms with Gasteiger partial charge in [-0.15, -0.1) is 0 Å². The topological polar surface area (TPSA) is 34.8 Å². The zero-order chi connectivity index (χ0) is 28.7. The molecule has 1 unspecified atom stereocenters. The van der Waals surface area contributed by atoms with Crippen LogP contribution in [0.1, 0.15) is 31.4 Å². The van der Waals surface area contributed by atoms with E-state index >= 15 is 0 Å². The number of para-hydroxylation sites is 2. The van der Waals surface area contributed by atoms with E-state index in [-0.39, 0.29) is 11.5 Å². The molecule has 1 aromatic heterocycles. The van der Waals surface area contributed by atoms with Crippen molar-refractivity contribution in [3.05, 3.63) is 144 Å². The van der Waals surface area contributed by atoms with Gasteiger partial charge < -0.3 is 18.8 Å². The molecule has 0 amide bonds. The third-order valence-electron chi connectivity index (χ3n) is 9.13. The Balaban J connectivity index is 1.18. The van der Waals surface area contributed by atoms with Crippen LogP contribution in [0.15, 0.2) is 125 Å². The highest BCUT2D eigenvalue weighted by atomic mass is 16.6. The summed E-state index contributed by atoms with van der Waals surface area (Å²) in [6, 6.07) is 40.0. The van der Waals surface area contributed by atoms with Gasteiger partial charge in [0.05, 0.1) is 6.04 Å². The molecule has 0 N–H and O–H groups in total. The summed E-state index contributed by atoms with van der Waals surface area (Å²) in [6.07, 6.45) is 4.92. The maximum absolute atomic E-state index is 6.40. The lowest BCUT2D eigenvalue weighted by atomic mass is 9.82. The predicted molar refractivity (Wildman–Crippen MR) is 170 cm³/mol. The molecule has 1 atom stereocenters. The van der Waals surface area contributed by atoms with Crippen molar-refractivity contribution in [2.24, 2.45) is 0 Å². The number of rotatable bonds is 3. The van der Waals surface area contributed by atoms with E-state index in [1.807, 2.05) is 42.5 Å². The molecule has 1 aliphatic heterocycles. The molecule has 0 bridgehead atoms. The van der Waals surface area contributed by atoms with Gasteiger partial charge in [0.25, 0.3) is 0 Å². The summed E-state index contributed by atoms with van der Waals surface area (Å²) in [5, 5.41) is 2.11. The standard InChI is InChI=1S/C39H27NO3/c1-39(2)31-11-5-3-9-27(31)28-18-15-24(21-32(28)39)40(25-16-19-30-29-10-4-6-12-33(29)41-37(30)22-25)26-17-20-36-38(23-26)43-35-14-8-7-13-34(35)42-36/h3-5,7-11,13-22,26H,23H2,1-2H3. The van der Waals surface area contributed by atoms with Crippen molar-refractivity contribution in [1.29, 1.82) is 0 Å². The highest BCUT2D eigenvalue weighted by molar-refractivity contribution is 6.05. The molecule has 6 aromatic rings. The van der Waals surface area contributed by atoms with Crippen LogP contribution in [-0.2, 0) is 5.41 Å². The van der Waals surface area contributed by atoms with Gasteiger partial charge in [-0.05, 0) is 82.9 Å². The van der Waals surface area contributed by atoms with E-state index < -0.39 is 0 Å². The van der Waals surface area contributed by atoms with Crippen molar-refractivity contribution in [3.8, 4) is 22.6 Å². The van der Waals surface area contributed by atoms with Crippen molar-refractivity contribution >= 4 is 33.3 Å². The quantitative estimate of drug-likeness (QED) is 0.217. The van der Waals surface area contributed by atoms with Crippen LogP contribution in [0.3, 0.4) is 0 Å². The smallest absolute Gasteiger partial charge is 0.185 e. The first-order chi connectivity index (χ1) is 21.0. The molecule has 0 saturated carbocycles. The molecule has 0 radical (unpaired) electrons. The second-order valence-corrected chi connectivity index (χ2v) is 12.0. The normalized spacial score (nSPS) is 17.4. The van der Waals surface area contributed by atoms with Gasteiger partial charge in [0.15, 0.2) is 22.8 Å². The molecule has 4 nitrogen and oxygen atoms in total. The fourth-order valence-corrected chi connectivity index (χ4v) is 7.00. The summed E-state index contributed by atoms with van der Waals surface area (Å²) in [6.45, 7) is 4.64. The first-order valence-corrected chi connectivity index (χ1v) is 14.7. The van der Waals surface area contributed by atoms with Gasteiger partial charge in [0, 0.05) is 40.0 Å². The van der Waals surface area contributed by atoms with Gasteiger partial charge in [0.1, 0.15) is 11.3 Å². The van der Waals surface area contributed by atoms with Crippen LogP contribution in [0.2, 0.25) is 0 Å². The zero-order valence-corrected chi connectivity index (χ0v) is 23.8. The molecule has 3 aliphatic rings. The number of nitrogens with zero attached hydrogens (tertiary/aromatic N) is 1. The molecule has 4 heteroatoms. The lowest BCUT2D eigenvalue weighted by molar-refractivity contribution is 0.285. The molecule has 43 heavy (non-hydrogen) atoms. The van der Waals surface area contributed by atoms with Crippen molar-refractivity contribution in [2.75, 3.05) is 4.90 Å². The molecular formula is C39H27NO3. The molecule has 5 aromatic carbocycles. The maximum atomic E-state index is 6.40. The Bertz CT molecular complexity index is 2170. The Morgan fingerprint density at radius 3 is 2.44 bits per heavy atom. The summed E-state index contributed by atoms with van der Waals surface area (Å²) in [5.41, 5.74) is 8.91. The van der Waals surface area contributed by atoms with Gasteiger partial charge in [-0.3, -0.25) is 0 Å². The van der Waals surface area contributed by atoms with Crippen molar-refractivity contribution in [1.82, 2.24) is 0 Å². The van der Waals surface area contributed by atoms with E-state index in [2.05, 4.69) is 97.6 Å². The Labute approximate surface area is 250 Å². The van der Waals surface area contributed by atoms with Crippen LogP contribution in [0.5, 0.6) is 11.5 Å². The summed E-state index contributed by atoms with van der Waals surface area (Å²) in [5.74, 6) is 3.08. The van der Waals surface area contributed by atoms with Gasteiger partial charge in [-0.1, -0.05) is 68.5 Å². The van der Waals surface area contributed by atoms with Crippen molar-refractivity contribution in [2.45, 2.75) is 31.7 Å². The van der Waals surface area contributed by atoms with Gasteiger partial charge in [-0.2, -0.15) is 0 Å². The number of hydrogen-bond donors (Lipinski definition) is 0. The van der Waals surface area contributed by atoms with E-state index in [1.54, 1.807) is 0 Å². The second kappa shape index (κ2) is 8.80. The molecule has 2 heterocycles. The fourth-order valence-electron chi connectivity index (χ4n) is 7.00. The highest BCUT2D eigenvalue weighted by Gasteiger charge is 2.37. The monoisotopic (exact) mass is 557 g/mol.